The maximum Gasteiger partial charge on any atom is 0.290 e. The van der Waals surface area contributed by atoms with E-state index in [0.717, 1.165) is 11.8 Å². The van der Waals surface area contributed by atoms with E-state index >= 15 is 0 Å². The minimum absolute atomic E-state index is 0.0102. The molecule has 22 heavy (non-hydrogen) atoms. The Hall–Kier alpha value is -2.12. The number of carbonyl (C=O) groups is 1. The third kappa shape index (κ3) is 4.44. The highest BCUT2D eigenvalue weighted by Crippen LogP contribution is 2.12. The van der Waals surface area contributed by atoms with Crippen LogP contribution in [-0.2, 0) is 0 Å². The number of H-pyrrole nitrogens is 1. The number of aromatic nitrogens is 2. The molecule has 1 aromatic carbocycles. The molecule has 2 aromatic rings. The number of hydrogen-bond donors (Lipinski definition) is 2. The van der Waals surface area contributed by atoms with E-state index in [1.165, 1.54) is 18.0 Å². The van der Waals surface area contributed by atoms with Gasteiger partial charge in [-0.25, -0.2) is 10.4 Å². The van der Waals surface area contributed by atoms with Crippen molar-refractivity contribution in [2.24, 2.45) is 5.10 Å². The first-order chi connectivity index (χ1) is 10.6. The van der Waals surface area contributed by atoms with Crippen LogP contribution in [-0.4, -0.2) is 27.8 Å². The smallest absolute Gasteiger partial charge is 0.290 e. The molecule has 2 rings (SSSR count). The number of thioether (sulfide) groups is 1. The lowest BCUT2D eigenvalue weighted by molar-refractivity contribution is 0.0949. The Labute approximate surface area is 136 Å². The number of nitrogens with zero attached hydrogens (tertiary/aromatic N) is 2. The number of amides is 1. The fourth-order valence-electron chi connectivity index (χ4n) is 1.55. The van der Waals surface area contributed by atoms with Crippen molar-refractivity contribution in [2.75, 3.05) is 5.75 Å². The lowest BCUT2D eigenvalue weighted by Crippen LogP contribution is -2.22. The van der Waals surface area contributed by atoms with Crippen molar-refractivity contribution in [3.05, 3.63) is 57.0 Å². The molecule has 0 saturated heterocycles. The van der Waals surface area contributed by atoms with Crippen molar-refractivity contribution >= 4 is 35.5 Å². The molecule has 0 atom stereocenters. The van der Waals surface area contributed by atoms with Crippen molar-refractivity contribution in [1.29, 1.82) is 0 Å². The summed E-state index contributed by atoms with van der Waals surface area (Å²) in [5.74, 6) is 0.172. The summed E-state index contributed by atoms with van der Waals surface area (Å²) in [7, 11) is 0. The lowest BCUT2D eigenvalue weighted by Gasteiger charge is -2.02. The van der Waals surface area contributed by atoms with Gasteiger partial charge in [-0.2, -0.15) is 5.10 Å². The molecule has 114 valence electrons. The monoisotopic (exact) mass is 336 g/mol. The average Bonchev–Trinajstić information content (AvgIpc) is 2.49. The summed E-state index contributed by atoms with van der Waals surface area (Å²) >= 11 is 7.31. The van der Waals surface area contributed by atoms with E-state index in [1.54, 1.807) is 18.2 Å². The summed E-state index contributed by atoms with van der Waals surface area (Å²) in [5, 5.41) is 4.74. The molecule has 0 fully saturated rings. The molecule has 0 aliphatic heterocycles. The molecular weight excluding hydrogens is 324 g/mol. The average molecular weight is 337 g/mol. The number of nitrogens with one attached hydrogen (secondary N) is 2. The first-order valence-electron chi connectivity index (χ1n) is 6.42. The van der Waals surface area contributed by atoms with E-state index < -0.39 is 5.91 Å². The Morgan fingerprint density at radius 2 is 2.27 bits per heavy atom. The van der Waals surface area contributed by atoms with E-state index in [4.69, 9.17) is 11.6 Å². The highest BCUT2D eigenvalue weighted by molar-refractivity contribution is 7.99. The SMILES string of the molecule is CCSc1nc(C(=O)NN=Cc2ccccc2Cl)cc(=O)[nH]1. The zero-order valence-electron chi connectivity index (χ0n) is 11.7. The number of rotatable bonds is 5. The second-order valence-electron chi connectivity index (χ2n) is 4.09. The molecule has 0 radical (unpaired) electrons. The maximum atomic E-state index is 11.9. The van der Waals surface area contributed by atoms with Gasteiger partial charge in [-0.05, 0) is 11.8 Å². The number of benzene rings is 1. The van der Waals surface area contributed by atoms with Crippen LogP contribution in [0.1, 0.15) is 23.0 Å². The van der Waals surface area contributed by atoms with Crippen LogP contribution >= 0.6 is 23.4 Å². The molecular formula is C14H13ClN4O2S. The van der Waals surface area contributed by atoms with Crippen molar-refractivity contribution < 1.29 is 4.79 Å². The van der Waals surface area contributed by atoms with Crippen LogP contribution in [0.15, 0.2) is 45.4 Å². The number of halogens is 1. The Morgan fingerprint density at radius 1 is 1.50 bits per heavy atom. The third-order valence-electron chi connectivity index (χ3n) is 2.51. The molecule has 8 heteroatoms. The Morgan fingerprint density at radius 3 is 3.00 bits per heavy atom. The molecule has 0 unspecified atom stereocenters. The fraction of sp³-hybridized carbons (Fsp3) is 0.143. The largest absolute Gasteiger partial charge is 0.301 e. The van der Waals surface area contributed by atoms with Gasteiger partial charge in [-0.3, -0.25) is 9.59 Å². The molecule has 6 nitrogen and oxygen atoms in total. The van der Waals surface area contributed by atoms with E-state index in [1.807, 2.05) is 13.0 Å². The number of hydrazone groups is 1. The zero-order valence-corrected chi connectivity index (χ0v) is 13.2. The highest BCUT2D eigenvalue weighted by Gasteiger charge is 2.09. The summed E-state index contributed by atoms with van der Waals surface area (Å²) < 4.78 is 0. The first kappa shape index (κ1) is 16.3. The predicted molar refractivity (Wildman–Crippen MR) is 87.8 cm³/mol. The van der Waals surface area contributed by atoms with Crippen LogP contribution in [0.4, 0.5) is 0 Å². The van der Waals surface area contributed by atoms with Gasteiger partial charge in [0.25, 0.3) is 11.5 Å². The number of aromatic amines is 1. The van der Waals surface area contributed by atoms with Crippen molar-refractivity contribution in [3.63, 3.8) is 0 Å². The number of hydrogen-bond acceptors (Lipinski definition) is 5. The van der Waals surface area contributed by atoms with Crippen molar-refractivity contribution in [3.8, 4) is 0 Å². The van der Waals surface area contributed by atoms with Gasteiger partial charge in [0.15, 0.2) is 5.16 Å². The van der Waals surface area contributed by atoms with Crippen LogP contribution in [0.3, 0.4) is 0 Å². The molecule has 0 aliphatic rings. The second kappa shape index (κ2) is 7.77. The maximum absolute atomic E-state index is 11.9. The molecule has 0 aliphatic carbocycles. The van der Waals surface area contributed by atoms with Crippen LogP contribution in [0.5, 0.6) is 0 Å². The van der Waals surface area contributed by atoms with Gasteiger partial charge in [0, 0.05) is 16.7 Å². The normalized spacial score (nSPS) is 10.8. The molecule has 1 heterocycles. The van der Waals surface area contributed by atoms with Gasteiger partial charge < -0.3 is 4.98 Å². The lowest BCUT2D eigenvalue weighted by atomic mass is 10.2. The van der Waals surface area contributed by atoms with Crippen molar-refractivity contribution in [1.82, 2.24) is 15.4 Å². The van der Waals surface area contributed by atoms with Crippen molar-refractivity contribution in [2.45, 2.75) is 12.1 Å². The van der Waals surface area contributed by atoms with Gasteiger partial charge in [-0.1, -0.05) is 48.5 Å². The fourth-order valence-corrected chi connectivity index (χ4v) is 2.35. The Kier molecular flexibility index (Phi) is 5.74. The highest BCUT2D eigenvalue weighted by atomic mass is 35.5. The predicted octanol–water partition coefficient (Wildman–Crippen LogP) is 2.30. The minimum atomic E-state index is -0.563. The first-order valence-corrected chi connectivity index (χ1v) is 7.78. The van der Waals surface area contributed by atoms with Crippen LogP contribution in [0.25, 0.3) is 0 Å². The Balaban J connectivity index is 2.09. The number of carbonyl (C=O) groups excluding carboxylic acids is 1. The molecule has 2 N–H and O–H groups in total. The van der Waals surface area contributed by atoms with Crippen LogP contribution in [0, 0.1) is 0 Å². The van der Waals surface area contributed by atoms with Gasteiger partial charge in [-0.15, -0.1) is 0 Å². The quantitative estimate of drug-likeness (QED) is 0.379. The van der Waals surface area contributed by atoms with E-state index in [-0.39, 0.29) is 11.3 Å². The van der Waals surface area contributed by atoms with E-state index in [0.29, 0.717) is 15.7 Å². The van der Waals surface area contributed by atoms with Gasteiger partial charge >= 0.3 is 0 Å². The van der Waals surface area contributed by atoms with Crippen LogP contribution < -0.4 is 11.0 Å². The van der Waals surface area contributed by atoms with E-state index in [9.17, 15) is 9.59 Å². The third-order valence-corrected chi connectivity index (χ3v) is 3.61. The molecule has 0 saturated carbocycles. The summed E-state index contributed by atoms with van der Waals surface area (Å²) in [6, 6.07) is 8.21. The van der Waals surface area contributed by atoms with Gasteiger partial charge in [0.05, 0.1) is 6.21 Å². The summed E-state index contributed by atoms with van der Waals surface area (Å²) in [4.78, 5) is 30.0. The standard InChI is InChI=1S/C14H13ClN4O2S/c1-2-22-14-17-11(7-12(20)18-14)13(21)19-16-8-9-5-3-4-6-10(9)15/h3-8H,2H2,1H3,(H,19,21)(H,17,18,20). The topological polar surface area (TPSA) is 87.2 Å². The molecule has 1 amide bonds. The van der Waals surface area contributed by atoms with Gasteiger partial charge in [0.1, 0.15) is 5.69 Å². The van der Waals surface area contributed by atoms with E-state index in [2.05, 4.69) is 20.5 Å². The summed E-state index contributed by atoms with van der Waals surface area (Å²) in [5.41, 5.74) is 2.62. The van der Waals surface area contributed by atoms with Crippen LogP contribution in [0.2, 0.25) is 5.02 Å². The molecule has 0 bridgehead atoms. The van der Waals surface area contributed by atoms with Gasteiger partial charge in [0.2, 0.25) is 0 Å². The molecule has 0 spiro atoms. The summed E-state index contributed by atoms with van der Waals surface area (Å²) in [6.45, 7) is 1.92. The Bertz CT molecular complexity index is 761. The zero-order chi connectivity index (χ0) is 15.9. The molecule has 1 aromatic heterocycles. The summed E-state index contributed by atoms with van der Waals surface area (Å²) in [6.07, 6.45) is 1.43. The minimum Gasteiger partial charge on any atom is -0.301 e. The second-order valence-corrected chi connectivity index (χ2v) is 5.75.